The molecular formula is C5H5Cl. The topological polar surface area (TPSA) is 0 Å². The van der Waals surface area contributed by atoms with Gasteiger partial charge in [-0.25, -0.2) is 0 Å². The van der Waals surface area contributed by atoms with Crippen LogP contribution in [-0.2, 0) is 0 Å². The highest BCUT2D eigenvalue weighted by molar-refractivity contribution is 6.25. The predicted molar refractivity (Wildman–Crippen MR) is 27.6 cm³/mol. The zero-order valence-electron chi connectivity index (χ0n) is 3.26. The van der Waals surface area contributed by atoms with Crippen molar-refractivity contribution >= 4 is 11.6 Å². The van der Waals surface area contributed by atoms with Crippen LogP contribution in [-0.4, -0.2) is 0 Å². The lowest BCUT2D eigenvalue weighted by atomic mass is 10.4. The van der Waals surface area contributed by atoms with Crippen LogP contribution in [0.3, 0.4) is 0 Å². The Hall–Kier alpha value is -0.230. The fraction of sp³-hybridized carbons (Fsp3) is 0.200. The van der Waals surface area contributed by atoms with Crippen molar-refractivity contribution in [2.24, 2.45) is 5.92 Å². The van der Waals surface area contributed by atoms with Gasteiger partial charge in [0.1, 0.15) is 0 Å². The van der Waals surface area contributed by atoms with Crippen LogP contribution < -0.4 is 0 Å². The Bertz CT molecular complexity index is 86.1. The maximum absolute atomic E-state index is 5.22. The summed E-state index contributed by atoms with van der Waals surface area (Å²) in [6.45, 7) is 0. The van der Waals surface area contributed by atoms with Crippen molar-refractivity contribution in [2.45, 2.75) is 0 Å². The molecule has 0 spiro atoms. The number of rotatable bonds is 1. The van der Waals surface area contributed by atoms with Crippen LogP contribution in [0, 0.1) is 5.92 Å². The predicted octanol–water partition coefficient (Wildman–Crippen LogP) is 1.92. The van der Waals surface area contributed by atoms with Crippen LogP contribution in [0.1, 0.15) is 0 Å². The lowest BCUT2D eigenvalue weighted by Gasteiger charge is -1.70. The third kappa shape index (κ3) is 0.869. The number of halogens is 1. The molecule has 1 heteroatoms. The Morgan fingerprint density at radius 3 is 2.33 bits per heavy atom. The van der Waals surface area contributed by atoms with E-state index in [1.165, 1.54) is 0 Å². The Morgan fingerprint density at radius 1 is 1.50 bits per heavy atom. The maximum Gasteiger partial charge on any atom is 0.0139 e. The lowest BCUT2D eigenvalue weighted by molar-refractivity contribution is 1.26. The summed E-state index contributed by atoms with van der Waals surface area (Å²) in [6, 6.07) is 0. The first-order valence-electron chi connectivity index (χ1n) is 1.88. The van der Waals surface area contributed by atoms with Gasteiger partial charge in [-0.2, -0.15) is 0 Å². The van der Waals surface area contributed by atoms with Crippen molar-refractivity contribution in [1.29, 1.82) is 0 Å². The Kier molecular flexibility index (Phi) is 0.972. The van der Waals surface area contributed by atoms with E-state index in [-0.39, 0.29) is 0 Å². The van der Waals surface area contributed by atoms with Gasteiger partial charge in [0.15, 0.2) is 0 Å². The van der Waals surface area contributed by atoms with Gasteiger partial charge in [-0.05, 0) is 0 Å². The molecule has 0 aromatic carbocycles. The van der Waals surface area contributed by atoms with E-state index in [2.05, 4.69) is 12.2 Å². The minimum absolute atomic E-state index is 0.586. The molecule has 1 rings (SSSR count). The molecule has 0 saturated heterocycles. The molecule has 32 valence electrons. The molecule has 1 aliphatic carbocycles. The zero-order chi connectivity index (χ0) is 4.41. The molecule has 0 N–H and O–H groups in total. The van der Waals surface area contributed by atoms with E-state index in [0.29, 0.717) is 5.92 Å². The monoisotopic (exact) mass is 100 g/mol. The molecule has 0 saturated carbocycles. The normalized spacial score (nSPS) is 20.2. The Morgan fingerprint density at radius 2 is 2.17 bits per heavy atom. The molecule has 6 heavy (non-hydrogen) atoms. The first-order chi connectivity index (χ1) is 2.93. The second-order valence-electron chi connectivity index (χ2n) is 1.28. The number of allylic oxidation sites excluding steroid dienone is 3. The largest absolute Gasteiger partial charge is 0.0933 e. The molecule has 0 unspecified atom stereocenters. The molecular weight excluding hydrogens is 95.5 g/mol. The third-order valence-electron chi connectivity index (χ3n) is 0.710. The molecule has 0 aliphatic heterocycles. The van der Waals surface area contributed by atoms with Crippen molar-refractivity contribution in [1.82, 2.24) is 0 Å². The van der Waals surface area contributed by atoms with Crippen LogP contribution in [0.2, 0.25) is 0 Å². The molecule has 0 fully saturated rings. The van der Waals surface area contributed by atoms with Crippen LogP contribution in [0.25, 0.3) is 0 Å². The minimum atomic E-state index is 0.586. The molecule has 0 bridgehead atoms. The summed E-state index contributed by atoms with van der Waals surface area (Å²) in [5.41, 5.74) is 1.55. The van der Waals surface area contributed by atoms with Crippen LogP contribution in [0.4, 0.5) is 0 Å². The Labute approximate surface area is 42.1 Å². The summed E-state index contributed by atoms with van der Waals surface area (Å²) in [4.78, 5) is 0. The van der Waals surface area contributed by atoms with Crippen molar-refractivity contribution in [3.63, 3.8) is 0 Å². The van der Waals surface area contributed by atoms with Crippen LogP contribution in [0.5, 0.6) is 0 Å². The van der Waals surface area contributed by atoms with Gasteiger partial charge in [0.25, 0.3) is 0 Å². The SMILES string of the molecule is Cl/C=C/C1C=C1. The molecule has 0 aromatic heterocycles. The van der Waals surface area contributed by atoms with E-state index in [1.54, 1.807) is 5.54 Å². The zero-order valence-corrected chi connectivity index (χ0v) is 4.02. The highest BCUT2D eigenvalue weighted by Gasteiger charge is 2.02. The molecule has 0 nitrogen and oxygen atoms in total. The summed E-state index contributed by atoms with van der Waals surface area (Å²) >= 11 is 5.22. The van der Waals surface area contributed by atoms with Crippen LogP contribution in [0.15, 0.2) is 23.8 Å². The first-order valence-corrected chi connectivity index (χ1v) is 2.32. The van der Waals surface area contributed by atoms with Gasteiger partial charge >= 0.3 is 0 Å². The van der Waals surface area contributed by atoms with Crippen molar-refractivity contribution in [2.75, 3.05) is 0 Å². The quantitative estimate of drug-likeness (QED) is 0.442. The van der Waals surface area contributed by atoms with Gasteiger partial charge in [0.2, 0.25) is 0 Å². The van der Waals surface area contributed by atoms with E-state index in [4.69, 9.17) is 11.6 Å². The Balaban J connectivity index is 2.19. The second kappa shape index (κ2) is 1.48. The summed E-state index contributed by atoms with van der Waals surface area (Å²) < 4.78 is 0. The molecule has 0 amide bonds. The van der Waals surface area contributed by atoms with E-state index in [9.17, 15) is 0 Å². The maximum atomic E-state index is 5.22. The van der Waals surface area contributed by atoms with Crippen molar-refractivity contribution in [3.8, 4) is 0 Å². The van der Waals surface area contributed by atoms with Gasteiger partial charge in [-0.15, -0.1) is 0 Å². The fourth-order valence-corrected chi connectivity index (χ4v) is 0.444. The summed E-state index contributed by atoms with van der Waals surface area (Å²) in [5, 5.41) is 0. The highest BCUT2D eigenvalue weighted by Crippen LogP contribution is 2.16. The minimum Gasteiger partial charge on any atom is -0.0933 e. The molecule has 0 aromatic rings. The molecule has 1 aliphatic rings. The summed E-state index contributed by atoms with van der Waals surface area (Å²) in [5.74, 6) is 0.586. The molecule has 0 atom stereocenters. The number of hydrogen-bond acceptors (Lipinski definition) is 0. The van der Waals surface area contributed by atoms with E-state index < -0.39 is 0 Å². The number of hydrogen-bond donors (Lipinski definition) is 0. The van der Waals surface area contributed by atoms with E-state index in [1.807, 2.05) is 6.08 Å². The van der Waals surface area contributed by atoms with E-state index >= 15 is 0 Å². The van der Waals surface area contributed by atoms with Gasteiger partial charge in [0.05, 0.1) is 0 Å². The van der Waals surface area contributed by atoms with Gasteiger partial charge in [-0.3, -0.25) is 0 Å². The lowest BCUT2D eigenvalue weighted by Crippen LogP contribution is -1.57. The standard InChI is InChI=1S/C5H5Cl/c6-4-3-5-1-2-5/h1-5H/b4-3+. The average Bonchev–Trinajstić information content (AvgIpc) is 2.21. The van der Waals surface area contributed by atoms with Crippen molar-refractivity contribution in [3.05, 3.63) is 23.8 Å². The average molecular weight is 101 g/mol. The highest BCUT2D eigenvalue weighted by atomic mass is 35.5. The first kappa shape index (κ1) is 3.94. The van der Waals surface area contributed by atoms with Crippen LogP contribution >= 0.6 is 11.6 Å². The van der Waals surface area contributed by atoms with Gasteiger partial charge in [0, 0.05) is 11.5 Å². The third-order valence-corrected chi connectivity index (χ3v) is 0.855. The summed E-state index contributed by atoms with van der Waals surface area (Å²) in [7, 11) is 0. The van der Waals surface area contributed by atoms with Gasteiger partial charge < -0.3 is 0 Å². The fourth-order valence-electron chi connectivity index (χ4n) is 0.276. The summed E-state index contributed by atoms with van der Waals surface area (Å²) in [6.07, 6.45) is 6.10. The van der Waals surface area contributed by atoms with Crippen molar-refractivity contribution < 1.29 is 0 Å². The second-order valence-corrected chi connectivity index (χ2v) is 1.53. The smallest absolute Gasteiger partial charge is 0.0139 e. The van der Waals surface area contributed by atoms with Gasteiger partial charge in [-0.1, -0.05) is 29.8 Å². The molecule has 0 heterocycles. The van der Waals surface area contributed by atoms with E-state index in [0.717, 1.165) is 0 Å². The molecule has 0 radical (unpaired) electrons.